The summed E-state index contributed by atoms with van der Waals surface area (Å²) in [6.07, 6.45) is -3.73. The summed E-state index contributed by atoms with van der Waals surface area (Å²) >= 11 is 0. The average Bonchev–Trinajstić information content (AvgIpc) is 3.16. The third-order valence-corrected chi connectivity index (χ3v) is 3.93. The third-order valence-electron chi connectivity index (χ3n) is 3.93. The lowest BCUT2D eigenvalue weighted by Gasteiger charge is -2.12. The van der Waals surface area contributed by atoms with Crippen molar-refractivity contribution in [1.82, 2.24) is 5.32 Å². The zero-order valence-corrected chi connectivity index (χ0v) is 14.7. The molecule has 0 bridgehead atoms. The summed E-state index contributed by atoms with van der Waals surface area (Å²) in [4.78, 5) is 23.8. The number of rotatable bonds is 5. The highest BCUT2D eigenvalue weighted by atomic mass is 19.4. The molecule has 3 aromatic rings. The molecular formula is C21H14F3NO4. The number of furan rings is 1. The average molecular weight is 401 g/mol. The SMILES string of the molecule is O=C(O)C(=Cc1ccc(-c2ccccc2)o1)NC(=O)c1ccccc1C(F)(F)F. The van der Waals surface area contributed by atoms with Gasteiger partial charge in [-0.2, -0.15) is 13.2 Å². The van der Waals surface area contributed by atoms with Gasteiger partial charge in [0.2, 0.25) is 0 Å². The number of hydrogen-bond acceptors (Lipinski definition) is 3. The van der Waals surface area contributed by atoms with Crippen LogP contribution in [-0.4, -0.2) is 17.0 Å². The van der Waals surface area contributed by atoms with E-state index in [2.05, 4.69) is 0 Å². The summed E-state index contributed by atoms with van der Waals surface area (Å²) in [5.74, 6) is -2.14. The van der Waals surface area contributed by atoms with E-state index in [0.29, 0.717) is 5.76 Å². The molecule has 1 amide bonds. The zero-order valence-electron chi connectivity index (χ0n) is 14.7. The van der Waals surface area contributed by atoms with Crippen molar-refractivity contribution in [3.05, 3.63) is 89.3 Å². The van der Waals surface area contributed by atoms with E-state index < -0.39 is 34.9 Å². The van der Waals surface area contributed by atoms with Gasteiger partial charge in [-0.05, 0) is 24.3 Å². The number of hydrogen-bond donors (Lipinski definition) is 2. The van der Waals surface area contributed by atoms with Crippen LogP contribution >= 0.6 is 0 Å². The van der Waals surface area contributed by atoms with Gasteiger partial charge >= 0.3 is 12.1 Å². The van der Waals surface area contributed by atoms with Crippen molar-refractivity contribution in [3.63, 3.8) is 0 Å². The Morgan fingerprint density at radius 2 is 1.59 bits per heavy atom. The Morgan fingerprint density at radius 3 is 2.24 bits per heavy atom. The first-order valence-electron chi connectivity index (χ1n) is 8.33. The molecule has 0 spiro atoms. The van der Waals surface area contributed by atoms with Crippen LogP contribution in [0, 0.1) is 0 Å². The van der Waals surface area contributed by atoms with Crippen molar-refractivity contribution >= 4 is 18.0 Å². The maximum Gasteiger partial charge on any atom is 0.417 e. The van der Waals surface area contributed by atoms with Crippen LogP contribution in [0.1, 0.15) is 21.7 Å². The van der Waals surface area contributed by atoms with Gasteiger partial charge in [0, 0.05) is 11.6 Å². The van der Waals surface area contributed by atoms with Crippen molar-refractivity contribution in [1.29, 1.82) is 0 Å². The lowest BCUT2D eigenvalue weighted by molar-refractivity contribution is -0.138. The molecule has 0 fully saturated rings. The van der Waals surface area contributed by atoms with Crippen LogP contribution in [-0.2, 0) is 11.0 Å². The number of benzene rings is 2. The molecule has 0 unspecified atom stereocenters. The van der Waals surface area contributed by atoms with E-state index in [9.17, 15) is 27.9 Å². The van der Waals surface area contributed by atoms with Crippen LogP contribution in [0.15, 0.2) is 76.8 Å². The number of carboxylic acids is 1. The lowest BCUT2D eigenvalue weighted by Crippen LogP contribution is -2.29. The number of alkyl halides is 3. The number of carbonyl (C=O) groups excluding carboxylic acids is 1. The van der Waals surface area contributed by atoms with Gasteiger partial charge in [0.1, 0.15) is 17.2 Å². The molecule has 0 atom stereocenters. The summed E-state index contributed by atoms with van der Waals surface area (Å²) in [6.45, 7) is 0. The van der Waals surface area contributed by atoms with Crippen molar-refractivity contribution in [3.8, 4) is 11.3 Å². The van der Waals surface area contributed by atoms with Crippen LogP contribution in [0.2, 0.25) is 0 Å². The van der Waals surface area contributed by atoms with E-state index >= 15 is 0 Å². The van der Waals surface area contributed by atoms with Crippen LogP contribution in [0.4, 0.5) is 13.2 Å². The van der Waals surface area contributed by atoms with Gasteiger partial charge in [-0.3, -0.25) is 4.79 Å². The van der Waals surface area contributed by atoms with Crippen molar-refractivity contribution < 1.29 is 32.3 Å². The van der Waals surface area contributed by atoms with Gasteiger partial charge in [0.15, 0.2) is 0 Å². The fourth-order valence-electron chi connectivity index (χ4n) is 2.60. The molecule has 2 aromatic carbocycles. The second kappa shape index (κ2) is 8.05. The number of carbonyl (C=O) groups is 2. The molecule has 0 saturated carbocycles. The Bertz CT molecular complexity index is 1070. The molecule has 5 nitrogen and oxygen atoms in total. The lowest BCUT2D eigenvalue weighted by atomic mass is 10.1. The van der Waals surface area contributed by atoms with E-state index in [4.69, 9.17) is 4.42 Å². The highest BCUT2D eigenvalue weighted by molar-refractivity contribution is 6.03. The molecule has 8 heteroatoms. The second-order valence-electron chi connectivity index (χ2n) is 5.93. The summed E-state index contributed by atoms with van der Waals surface area (Å²) in [5, 5.41) is 11.3. The fourth-order valence-corrected chi connectivity index (χ4v) is 2.60. The third kappa shape index (κ3) is 4.73. The normalized spacial score (nSPS) is 11.9. The summed E-state index contributed by atoms with van der Waals surface area (Å²) in [5.41, 5.74) is -1.71. The van der Waals surface area contributed by atoms with Gasteiger partial charge in [-0.25, -0.2) is 4.79 Å². The van der Waals surface area contributed by atoms with E-state index in [-0.39, 0.29) is 5.76 Å². The molecule has 148 valence electrons. The van der Waals surface area contributed by atoms with Gasteiger partial charge in [-0.1, -0.05) is 42.5 Å². The number of aliphatic carboxylic acids is 1. The minimum atomic E-state index is -4.76. The summed E-state index contributed by atoms with van der Waals surface area (Å²) < 4.78 is 44.8. The minimum Gasteiger partial charge on any atom is -0.477 e. The highest BCUT2D eigenvalue weighted by Crippen LogP contribution is 2.32. The smallest absolute Gasteiger partial charge is 0.417 e. The molecule has 0 aliphatic carbocycles. The first kappa shape index (κ1) is 19.9. The number of amides is 1. The topological polar surface area (TPSA) is 79.5 Å². The zero-order chi connectivity index (χ0) is 21.0. The highest BCUT2D eigenvalue weighted by Gasteiger charge is 2.35. The van der Waals surface area contributed by atoms with Gasteiger partial charge in [0.05, 0.1) is 11.1 Å². The van der Waals surface area contributed by atoms with Crippen LogP contribution < -0.4 is 5.32 Å². The molecular weight excluding hydrogens is 387 g/mol. The molecule has 0 saturated heterocycles. The fraction of sp³-hybridized carbons (Fsp3) is 0.0476. The largest absolute Gasteiger partial charge is 0.477 e. The maximum atomic E-state index is 13.1. The summed E-state index contributed by atoms with van der Waals surface area (Å²) in [6, 6.07) is 16.2. The summed E-state index contributed by atoms with van der Waals surface area (Å²) in [7, 11) is 0. The maximum absolute atomic E-state index is 13.1. The molecule has 3 rings (SSSR count). The van der Waals surface area contributed by atoms with Crippen molar-refractivity contribution in [2.75, 3.05) is 0 Å². The van der Waals surface area contributed by atoms with Gasteiger partial charge < -0.3 is 14.8 Å². The molecule has 0 aliphatic heterocycles. The van der Waals surface area contributed by atoms with Crippen LogP contribution in [0.25, 0.3) is 17.4 Å². The Hall–Kier alpha value is -3.81. The Morgan fingerprint density at radius 1 is 0.931 bits per heavy atom. The van der Waals surface area contributed by atoms with Gasteiger partial charge in [0.25, 0.3) is 5.91 Å². The van der Waals surface area contributed by atoms with Gasteiger partial charge in [-0.15, -0.1) is 0 Å². The molecule has 1 aromatic heterocycles. The van der Waals surface area contributed by atoms with E-state index in [1.807, 2.05) is 11.4 Å². The Kier molecular flexibility index (Phi) is 5.54. The van der Waals surface area contributed by atoms with E-state index in [1.54, 1.807) is 30.3 Å². The quantitative estimate of drug-likeness (QED) is 0.601. The number of nitrogens with one attached hydrogen (secondary N) is 1. The van der Waals surface area contributed by atoms with Crippen LogP contribution in [0.5, 0.6) is 0 Å². The Balaban J connectivity index is 1.88. The molecule has 1 heterocycles. The van der Waals surface area contributed by atoms with Crippen molar-refractivity contribution in [2.24, 2.45) is 0 Å². The first-order valence-corrected chi connectivity index (χ1v) is 8.33. The predicted molar refractivity (Wildman–Crippen MR) is 98.7 cm³/mol. The molecule has 0 aliphatic rings. The standard InChI is InChI=1S/C21H14F3NO4/c22-21(23,24)16-9-5-4-8-15(16)19(26)25-17(20(27)28)12-14-10-11-18(29-14)13-6-2-1-3-7-13/h1-12H,(H,25,26)(H,27,28). The minimum absolute atomic E-state index is 0.116. The van der Waals surface area contributed by atoms with E-state index in [1.165, 1.54) is 12.1 Å². The predicted octanol–water partition coefficient (Wildman–Crippen LogP) is 4.82. The Labute approximate surface area is 163 Å². The molecule has 29 heavy (non-hydrogen) atoms. The second-order valence-corrected chi connectivity index (χ2v) is 5.93. The number of carboxylic acid groups (broad SMARTS) is 1. The van der Waals surface area contributed by atoms with E-state index in [0.717, 1.165) is 29.8 Å². The van der Waals surface area contributed by atoms with Crippen molar-refractivity contribution in [2.45, 2.75) is 6.18 Å². The van der Waals surface area contributed by atoms with Crippen LogP contribution in [0.3, 0.4) is 0 Å². The monoisotopic (exact) mass is 401 g/mol. The first-order chi connectivity index (χ1) is 13.8. The molecule has 2 N–H and O–H groups in total. The molecule has 0 radical (unpaired) electrons. The number of halogens is 3.